The van der Waals surface area contributed by atoms with Crippen LogP contribution in [0.15, 0.2) is 29.5 Å². The molecular weight excluding hydrogens is 326 g/mol. The van der Waals surface area contributed by atoms with Crippen molar-refractivity contribution < 1.29 is 4.74 Å². The molecule has 0 saturated carbocycles. The van der Waals surface area contributed by atoms with Crippen molar-refractivity contribution in [3.8, 4) is 0 Å². The lowest BCUT2D eigenvalue weighted by molar-refractivity contribution is -0.00805. The van der Waals surface area contributed by atoms with Gasteiger partial charge in [-0.3, -0.25) is 9.67 Å². The number of aryl methyl sites for hydroxylation is 4. The van der Waals surface area contributed by atoms with Gasteiger partial charge in [0.25, 0.3) is 0 Å². The Morgan fingerprint density at radius 1 is 1.31 bits per heavy atom. The summed E-state index contributed by atoms with van der Waals surface area (Å²) in [5.74, 6) is 0.918. The van der Waals surface area contributed by atoms with E-state index in [9.17, 15) is 0 Å². The van der Waals surface area contributed by atoms with E-state index in [-0.39, 0.29) is 6.10 Å². The van der Waals surface area contributed by atoms with Crippen LogP contribution in [-0.4, -0.2) is 47.4 Å². The fourth-order valence-corrected chi connectivity index (χ4v) is 3.64. The zero-order valence-electron chi connectivity index (χ0n) is 16.4. The minimum atomic E-state index is 0.0267. The molecule has 1 fully saturated rings. The number of morpholine rings is 1. The lowest BCUT2D eigenvalue weighted by atomic mass is 10.00. The smallest absolute Gasteiger partial charge is 0.194 e. The maximum atomic E-state index is 5.94. The molecule has 1 unspecified atom stereocenters. The second-order valence-electron chi connectivity index (χ2n) is 7.03. The van der Waals surface area contributed by atoms with Crippen LogP contribution in [0.4, 0.5) is 0 Å². The first-order chi connectivity index (χ1) is 12.5. The van der Waals surface area contributed by atoms with Gasteiger partial charge in [-0.05, 0) is 37.5 Å². The van der Waals surface area contributed by atoms with Crippen LogP contribution in [0.1, 0.15) is 33.9 Å². The summed E-state index contributed by atoms with van der Waals surface area (Å²) in [7, 11) is 3.77. The topological polar surface area (TPSA) is 54.7 Å². The Kier molecular flexibility index (Phi) is 5.61. The standard InChI is InChI=1S/C20H29N5O/c1-14-8-15(2)18(16(3)9-14)11-22-20(21-4)25-6-7-26-19(13-25)17-10-23-24(5)12-17/h8-10,12,19H,6-7,11,13H2,1-5H3,(H,21,22). The summed E-state index contributed by atoms with van der Waals surface area (Å²) in [4.78, 5) is 6.76. The van der Waals surface area contributed by atoms with E-state index in [2.05, 4.69) is 53.2 Å². The molecule has 0 bridgehead atoms. The predicted molar refractivity (Wildman–Crippen MR) is 104 cm³/mol. The molecular formula is C20H29N5O. The number of ether oxygens (including phenoxy) is 1. The van der Waals surface area contributed by atoms with E-state index in [0.717, 1.165) is 31.2 Å². The number of rotatable bonds is 3. The highest BCUT2D eigenvalue weighted by atomic mass is 16.5. The summed E-state index contributed by atoms with van der Waals surface area (Å²) in [5.41, 5.74) is 6.40. The van der Waals surface area contributed by atoms with Crippen molar-refractivity contribution in [2.75, 3.05) is 26.7 Å². The molecule has 6 heteroatoms. The predicted octanol–water partition coefficient (Wildman–Crippen LogP) is 2.49. The van der Waals surface area contributed by atoms with Crippen LogP contribution in [0, 0.1) is 20.8 Å². The van der Waals surface area contributed by atoms with E-state index in [1.54, 1.807) is 0 Å². The lowest BCUT2D eigenvalue weighted by Crippen LogP contribution is -2.48. The van der Waals surface area contributed by atoms with Crippen molar-refractivity contribution in [1.82, 2.24) is 20.0 Å². The third kappa shape index (κ3) is 4.07. The Hall–Kier alpha value is -2.34. The maximum Gasteiger partial charge on any atom is 0.194 e. The van der Waals surface area contributed by atoms with Crippen LogP contribution in [0.3, 0.4) is 0 Å². The number of aromatic nitrogens is 2. The van der Waals surface area contributed by atoms with Gasteiger partial charge in [-0.2, -0.15) is 5.10 Å². The fourth-order valence-electron chi connectivity index (χ4n) is 3.64. The molecule has 0 aliphatic carbocycles. The number of nitrogens with zero attached hydrogens (tertiary/aromatic N) is 4. The van der Waals surface area contributed by atoms with Gasteiger partial charge in [-0.25, -0.2) is 0 Å². The van der Waals surface area contributed by atoms with Crippen molar-refractivity contribution in [3.05, 3.63) is 52.3 Å². The van der Waals surface area contributed by atoms with Crippen LogP contribution in [0.25, 0.3) is 0 Å². The number of benzene rings is 1. The third-order valence-electron chi connectivity index (χ3n) is 4.94. The Morgan fingerprint density at radius 3 is 2.65 bits per heavy atom. The quantitative estimate of drug-likeness (QED) is 0.679. The lowest BCUT2D eigenvalue weighted by Gasteiger charge is -2.35. The number of hydrogen-bond acceptors (Lipinski definition) is 3. The van der Waals surface area contributed by atoms with Crippen molar-refractivity contribution in [1.29, 1.82) is 0 Å². The monoisotopic (exact) mass is 355 g/mol. The van der Waals surface area contributed by atoms with Crippen LogP contribution < -0.4 is 5.32 Å². The molecule has 6 nitrogen and oxygen atoms in total. The summed E-state index contributed by atoms with van der Waals surface area (Å²) in [5, 5.41) is 7.79. The molecule has 1 aromatic heterocycles. The molecule has 1 aliphatic heterocycles. The molecule has 0 radical (unpaired) electrons. The van der Waals surface area contributed by atoms with Crippen molar-refractivity contribution in [2.45, 2.75) is 33.4 Å². The van der Waals surface area contributed by atoms with Gasteiger partial charge in [0.05, 0.1) is 19.3 Å². The van der Waals surface area contributed by atoms with E-state index in [4.69, 9.17) is 4.74 Å². The van der Waals surface area contributed by atoms with Crippen LogP contribution >= 0.6 is 0 Å². The van der Waals surface area contributed by atoms with Gasteiger partial charge < -0.3 is 15.0 Å². The molecule has 1 saturated heterocycles. The van der Waals surface area contributed by atoms with Crippen molar-refractivity contribution >= 4 is 5.96 Å². The van der Waals surface area contributed by atoms with E-state index in [1.807, 2.05) is 31.2 Å². The average Bonchev–Trinajstić information content (AvgIpc) is 3.04. The Morgan fingerprint density at radius 2 is 2.04 bits per heavy atom. The van der Waals surface area contributed by atoms with Crippen molar-refractivity contribution in [3.63, 3.8) is 0 Å². The van der Waals surface area contributed by atoms with Crippen LogP contribution in [0.5, 0.6) is 0 Å². The molecule has 2 aromatic rings. The Bertz CT molecular complexity index is 772. The molecule has 1 aromatic carbocycles. The molecule has 1 N–H and O–H groups in total. The summed E-state index contributed by atoms with van der Waals surface area (Å²) >= 11 is 0. The second kappa shape index (κ2) is 7.91. The molecule has 1 aliphatic rings. The third-order valence-corrected chi connectivity index (χ3v) is 4.94. The highest BCUT2D eigenvalue weighted by molar-refractivity contribution is 5.80. The summed E-state index contributed by atoms with van der Waals surface area (Å²) in [6.45, 7) is 9.56. The molecule has 0 amide bonds. The fraction of sp³-hybridized carbons (Fsp3) is 0.500. The number of hydrogen-bond donors (Lipinski definition) is 1. The van der Waals surface area contributed by atoms with Crippen molar-refractivity contribution in [2.24, 2.45) is 12.0 Å². The van der Waals surface area contributed by atoms with Crippen LogP contribution in [0.2, 0.25) is 0 Å². The largest absolute Gasteiger partial charge is 0.370 e. The Balaban J connectivity index is 1.67. The number of nitrogens with one attached hydrogen (secondary N) is 1. The van der Waals surface area contributed by atoms with Crippen LogP contribution in [-0.2, 0) is 18.3 Å². The maximum absolute atomic E-state index is 5.94. The minimum Gasteiger partial charge on any atom is -0.370 e. The summed E-state index contributed by atoms with van der Waals surface area (Å²) in [6.07, 6.45) is 3.92. The molecule has 140 valence electrons. The van der Waals surface area contributed by atoms with Gasteiger partial charge in [0, 0.05) is 38.9 Å². The van der Waals surface area contributed by atoms with Gasteiger partial charge in [0.15, 0.2) is 5.96 Å². The zero-order valence-corrected chi connectivity index (χ0v) is 16.4. The first kappa shape index (κ1) is 18.5. The average molecular weight is 355 g/mol. The summed E-state index contributed by atoms with van der Waals surface area (Å²) < 4.78 is 7.75. The number of guanidine groups is 1. The van der Waals surface area contributed by atoms with Gasteiger partial charge in [0.2, 0.25) is 0 Å². The second-order valence-corrected chi connectivity index (χ2v) is 7.03. The molecule has 26 heavy (non-hydrogen) atoms. The first-order valence-electron chi connectivity index (χ1n) is 9.10. The van der Waals surface area contributed by atoms with E-state index in [0.29, 0.717) is 6.61 Å². The van der Waals surface area contributed by atoms with E-state index in [1.165, 1.54) is 22.3 Å². The zero-order chi connectivity index (χ0) is 18.7. The normalized spacial score (nSPS) is 18.3. The Labute approximate surface area is 155 Å². The van der Waals surface area contributed by atoms with E-state index < -0.39 is 0 Å². The molecule has 2 heterocycles. The highest BCUT2D eigenvalue weighted by Crippen LogP contribution is 2.22. The van der Waals surface area contributed by atoms with E-state index >= 15 is 0 Å². The SMILES string of the molecule is CN=C(NCc1c(C)cc(C)cc1C)N1CCOC(c2cnn(C)c2)C1. The van der Waals surface area contributed by atoms with Gasteiger partial charge in [-0.15, -0.1) is 0 Å². The first-order valence-corrected chi connectivity index (χ1v) is 9.10. The minimum absolute atomic E-state index is 0.0267. The van der Waals surface area contributed by atoms with Gasteiger partial charge in [0.1, 0.15) is 6.10 Å². The van der Waals surface area contributed by atoms with Gasteiger partial charge in [-0.1, -0.05) is 17.7 Å². The molecule has 1 atom stereocenters. The highest BCUT2D eigenvalue weighted by Gasteiger charge is 2.25. The number of aliphatic imine (C=N–C) groups is 1. The molecule has 0 spiro atoms. The molecule has 3 rings (SSSR count). The van der Waals surface area contributed by atoms with Gasteiger partial charge >= 0.3 is 0 Å². The summed E-state index contributed by atoms with van der Waals surface area (Å²) in [6, 6.07) is 4.47.